The molecule has 0 saturated carbocycles. The number of alkyl halides is 2. The van der Waals surface area contributed by atoms with Crippen molar-refractivity contribution < 1.29 is 33.1 Å². The summed E-state index contributed by atoms with van der Waals surface area (Å²) in [5.74, 6) is -5.07. The number of carboxylic acid groups (broad SMARTS) is 1. The van der Waals surface area contributed by atoms with Crippen LogP contribution in [0.25, 0.3) is 0 Å². The van der Waals surface area contributed by atoms with Gasteiger partial charge in [-0.05, 0) is 27.2 Å². The van der Waals surface area contributed by atoms with Gasteiger partial charge in [0.15, 0.2) is 0 Å². The molecule has 1 N–H and O–H groups in total. The topological polar surface area (TPSA) is 79.3 Å². The van der Waals surface area contributed by atoms with Gasteiger partial charge in [0.1, 0.15) is 11.6 Å². The molecule has 2 heterocycles. The number of aliphatic carboxylic acids is 1. The SMILES string of the molecule is CCC(CN1OC[C@@H]2[C@H]1C(F)(F)CN2C(=O)OC(C)(C)C)C(=O)O. The van der Waals surface area contributed by atoms with Gasteiger partial charge < -0.3 is 9.84 Å². The van der Waals surface area contributed by atoms with Crippen LogP contribution in [-0.4, -0.2) is 70.4 Å². The zero-order chi connectivity index (χ0) is 18.3. The van der Waals surface area contributed by atoms with Crippen LogP contribution in [0.5, 0.6) is 0 Å². The molecule has 1 unspecified atom stereocenters. The molecule has 0 aromatic heterocycles. The predicted octanol–water partition coefficient (Wildman–Crippen LogP) is 1.97. The number of carboxylic acids is 1. The van der Waals surface area contributed by atoms with Crippen molar-refractivity contribution in [1.82, 2.24) is 9.96 Å². The number of hydrogen-bond donors (Lipinski definition) is 1. The van der Waals surface area contributed by atoms with Crippen molar-refractivity contribution in [2.45, 2.75) is 57.7 Å². The number of fused-ring (bicyclic) bond motifs is 1. The van der Waals surface area contributed by atoms with Crippen molar-refractivity contribution in [1.29, 1.82) is 0 Å². The summed E-state index contributed by atoms with van der Waals surface area (Å²) in [7, 11) is 0. The minimum Gasteiger partial charge on any atom is -0.481 e. The van der Waals surface area contributed by atoms with Crippen LogP contribution < -0.4 is 0 Å². The van der Waals surface area contributed by atoms with Crippen molar-refractivity contribution >= 4 is 12.1 Å². The molecule has 0 aromatic rings. The number of carbonyl (C=O) groups is 2. The first-order chi connectivity index (χ1) is 11.0. The highest BCUT2D eigenvalue weighted by Gasteiger charge is 2.62. The smallest absolute Gasteiger partial charge is 0.410 e. The highest BCUT2D eigenvalue weighted by atomic mass is 19.3. The van der Waals surface area contributed by atoms with E-state index in [0.29, 0.717) is 6.42 Å². The molecule has 0 aromatic carbocycles. The fraction of sp³-hybridized carbons (Fsp3) is 0.867. The summed E-state index contributed by atoms with van der Waals surface area (Å²) >= 11 is 0. The third-order valence-corrected chi connectivity index (χ3v) is 4.17. The zero-order valence-electron chi connectivity index (χ0n) is 14.3. The van der Waals surface area contributed by atoms with Crippen LogP contribution in [0.4, 0.5) is 13.6 Å². The Morgan fingerprint density at radius 2 is 2.04 bits per heavy atom. The number of amides is 1. The van der Waals surface area contributed by atoms with Crippen molar-refractivity contribution in [3.8, 4) is 0 Å². The van der Waals surface area contributed by atoms with Gasteiger partial charge in [-0.1, -0.05) is 6.92 Å². The maximum absolute atomic E-state index is 14.4. The van der Waals surface area contributed by atoms with Crippen molar-refractivity contribution in [2.24, 2.45) is 5.92 Å². The monoisotopic (exact) mass is 350 g/mol. The first-order valence-corrected chi connectivity index (χ1v) is 7.96. The Hall–Kier alpha value is -1.48. The third-order valence-electron chi connectivity index (χ3n) is 4.17. The number of rotatable bonds is 4. The molecule has 0 radical (unpaired) electrons. The average Bonchev–Trinajstić information content (AvgIpc) is 2.94. The van der Waals surface area contributed by atoms with Gasteiger partial charge in [-0.15, -0.1) is 0 Å². The lowest BCUT2D eigenvalue weighted by molar-refractivity contribution is -0.191. The average molecular weight is 350 g/mol. The number of carbonyl (C=O) groups excluding carboxylic acids is 1. The molecule has 138 valence electrons. The second-order valence-corrected chi connectivity index (χ2v) is 7.22. The highest BCUT2D eigenvalue weighted by Crippen LogP contribution is 2.41. The maximum atomic E-state index is 14.4. The Morgan fingerprint density at radius 3 is 2.54 bits per heavy atom. The number of nitrogens with zero attached hydrogens (tertiary/aromatic N) is 2. The molecule has 2 saturated heterocycles. The van der Waals surface area contributed by atoms with E-state index in [1.54, 1.807) is 27.7 Å². The molecular weight excluding hydrogens is 326 g/mol. The first kappa shape index (κ1) is 18.9. The molecule has 3 atom stereocenters. The van der Waals surface area contributed by atoms with E-state index >= 15 is 0 Å². The predicted molar refractivity (Wildman–Crippen MR) is 79.5 cm³/mol. The van der Waals surface area contributed by atoms with Crippen molar-refractivity contribution in [3.63, 3.8) is 0 Å². The van der Waals surface area contributed by atoms with Crippen molar-refractivity contribution in [3.05, 3.63) is 0 Å². The Morgan fingerprint density at radius 1 is 1.42 bits per heavy atom. The van der Waals surface area contributed by atoms with Gasteiger partial charge in [0.2, 0.25) is 0 Å². The normalized spacial score (nSPS) is 27.8. The van der Waals surface area contributed by atoms with Crippen LogP contribution in [0.3, 0.4) is 0 Å². The Balaban J connectivity index is 2.14. The molecule has 24 heavy (non-hydrogen) atoms. The minimum absolute atomic E-state index is 0.102. The van der Waals surface area contributed by atoms with Gasteiger partial charge in [-0.25, -0.2) is 13.6 Å². The molecule has 1 amide bonds. The zero-order valence-corrected chi connectivity index (χ0v) is 14.3. The first-order valence-electron chi connectivity index (χ1n) is 7.96. The number of hydroxylamine groups is 2. The molecule has 2 fully saturated rings. The lowest BCUT2D eigenvalue weighted by atomic mass is 10.0. The van der Waals surface area contributed by atoms with Crippen molar-refractivity contribution in [2.75, 3.05) is 19.7 Å². The van der Waals surface area contributed by atoms with Gasteiger partial charge in [0.05, 0.1) is 25.1 Å². The summed E-state index contributed by atoms with van der Waals surface area (Å²) in [5.41, 5.74) is -0.791. The van der Waals surface area contributed by atoms with E-state index in [4.69, 9.17) is 14.7 Å². The van der Waals surface area contributed by atoms with E-state index < -0.39 is 48.1 Å². The van der Waals surface area contributed by atoms with E-state index in [-0.39, 0.29) is 13.2 Å². The van der Waals surface area contributed by atoms with E-state index in [2.05, 4.69) is 0 Å². The summed E-state index contributed by atoms with van der Waals surface area (Å²) in [6, 6.07) is -2.22. The van der Waals surface area contributed by atoms with Gasteiger partial charge >= 0.3 is 12.1 Å². The van der Waals surface area contributed by atoms with Crippen LogP contribution in [0, 0.1) is 5.92 Å². The van der Waals surface area contributed by atoms with E-state index in [0.717, 1.165) is 9.96 Å². The Kier molecular flexibility index (Phi) is 5.06. The van der Waals surface area contributed by atoms with Gasteiger partial charge in [0.25, 0.3) is 5.92 Å². The molecule has 2 aliphatic rings. The summed E-state index contributed by atoms with van der Waals surface area (Å²) in [4.78, 5) is 29.6. The third kappa shape index (κ3) is 3.77. The second-order valence-electron chi connectivity index (χ2n) is 7.22. The molecule has 0 aliphatic carbocycles. The number of ether oxygens (including phenoxy) is 1. The fourth-order valence-corrected chi connectivity index (χ4v) is 3.01. The largest absolute Gasteiger partial charge is 0.481 e. The van der Waals surface area contributed by atoms with Gasteiger partial charge in [-0.2, -0.15) is 5.06 Å². The van der Waals surface area contributed by atoms with Crippen LogP contribution in [0.1, 0.15) is 34.1 Å². The molecule has 2 aliphatic heterocycles. The van der Waals surface area contributed by atoms with Gasteiger partial charge in [0, 0.05) is 6.54 Å². The van der Waals surface area contributed by atoms with Gasteiger partial charge in [-0.3, -0.25) is 14.5 Å². The Bertz CT molecular complexity index is 509. The summed E-state index contributed by atoms with van der Waals surface area (Å²) in [6.45, 7) is 5.64. The lowest BCUT2D eigenvalue weighted by Crippen LogP contribution is -2.47. The summed E-state index contributed by atoms with van der Waals surface area (Å²) < 4.78 is 34.0. The van der Waals surface area contributed by atoms with Crippen LogP contribution >= 0.6 is 0 Å². The highest BCUT2D eigenvalue weighted by molar-refractivity contribution is 5.70. The molecule has 7 nitrogen and oxygen atoms in total. The van der Waals surface area contributed by atoms with E-state index in [1.807, 2.05) is 0 Å². The second kappa shape index (κ2) is 6.44. The molecule has 2 rings (SSSR count). The van der Waals surface area contributed by atoms with E-state index in [9.17, 15) is 18.4 Å². The molecule has 0 spiro atoms. The minimum atomic E-state index is -3.20. The molecule has 9 heteroatoms. The van der Waals surface area contributed by atoms with Crippen LogP contribution in [0.2, 0.25) is 0 Å². The number of likely N-dealkylation sites (tertiary alicyclic amines) is 1. The van der Waals surface area contributed by atoms with Crippen LogP contribution in [0.15, 0.2) is 0 Å². The number of hydrogen-bond acceptors (Lipinski definition) is 5. The Labute approximate surface area is 139 Å². The van der Waals surface area contributed by atoms with E-state index in [1.165, 1.54) is 0 Å². The quantitative estimate of drug-likeness (QED) is 0.835. The van der Waals surface area contributed by atoms with Crippen LogP contribution in [-0.2, 0) is 14.4 Å². The molecular formula is C15H24F2N2O5. The fourth-order valence-electron chi connectivity index (χ4n) is 3.01. The number of halogens is 2. The maximum Gasteiger partial charge on any atom is 0.410 e. The lowest BCUT2D eigenvalue weighted by Gasteiger charge is -2.27. The molecule has 0 bridgehead atoms. The standard InChI is InChI=1S/C15H24F2N2O5/c1-5-9(12(20)21)6-19-11-10(7-23-19)18(8-15(11,16)17)13(22)24-14(2,3)4/h9-11H,5-8H2,1-4H3,(H,20,21)/t9?,10-,11+/m1/s1. The summed E-state index contributed by atoms with van der Waals surface area (Å²) in [6.07, 6.45) is -0.515. The summed E-state index contributed by atoms with van der Waals surface area (Å²) in [5, 5.41) is 10.1.